The van der Waals surface area contributed by atoms with Gasteiger partial charge in [-0.3, -0.25) is 4.74 Å². The minimum Gasteiger partial charge on any atom is -0.544 e. The first-order chi connectivity index (χ1) is 8.07. The zero-order chi connectivity index (χ0) is 15.9. The standard InChI is InChI=1S/C6H2F10O3.H3N/c7-1(3(8,9)2(17)18)19-6(15,16)4(10,11)5(12,13)14;/h1H,(H,17,18);1H3. The Labute approximate surface area is 102 Å². The first-order valence-corrected chi connectivity index (χ1v) is 3.81. The van der Waals surface area contributed by atoms with Crippen LogP contribution in [0.5, 0.6) is 0 Å². The number of hydrogen-bond donors (Lipinski definition) is 1. The molecular weight excluding hydrogens is 324 g/mol. The molecule has 14 heteroatoms. The molecule has 122 valence electrons. The molecule has 0 amide bonds. The number of quaternary nitrogens is 1. The van der Waals surface area contributed by atoms with Crippen LogP contribution in [0.25, 0.3) is 0 Å². The Morgan fingerprint density at radius 2 is 1.30 bits per heavy atom. The third kappa shape index (κ3) is 3.62. The minimum atomic E-state index is -7.02. The average Bonchev–Trinajstić information content (AvgIpc) is 2.14. The molecule has 0 aromatic rings. The fourth-order valence-corrected chi connectivity index (χ4v) is 0.536. The zero-order valence-electron chi connectivity index (χ0n) is 9.08. The Balaban J connectivity index is 0. The van der Waals surface area contributed by atoms with Gasteiger partial charge in [0.05, 0.1) is 0 Å². The van der Waals surface area contributed by atoms with Crippen molar-refractivity contribution in [2.24, 2.45) is 0 Å². The normalized spacial score (nSPS) is 15.5. The van der Waals surface area contributed by atoms with E-state index in [9.17, 15) is 53.8 Å². The van der Waals surface area contributed by atoms with Crippen LogP contribution in [0.15, 0.2) is 0 Å². The van der Waals surface area contributed by atoms with E-state index >= 15 is 0 Å². The molecule has 0 aliphatic heterocycles. The lowest BCUT2D eigenvalue weighted by atomic mass is 10.3. The summed E-state index contributed by atoms with van der Waals surface area (Å²) in [4.78, 5) is 9.56. The molecule has 0 saturated heterocycles. The van der Waals surface area contributed by atoms with Crippen LogP contribution in [0.2, 0.25) is 0 Å². The highest BCUT2D eigenvalue weighted by Crippen LogP contribution is 2.48. The molecule has 0 aromatic heterocycles. The number of hydrogen-bond acceptors (Lipinski definition) is 3. The second kappa shape index (κ2) is 5.59. The third-order valence-corrected chi connectivity index (χ3v) is 1.53. The van der Waals surface area contributed by atoms with Crippen molar-refractivity contribution in [3.8, 4) is 0 Å². The monoisotopic (exact) mass is 329 g/mol. The maximum atomic E-state index is 12.3. The van der Waals surface area contributed by atoms with Gasteiger partial charge in [-0.25, -0.2) is 4.39 Å². The molecule has 0 aliphatic rings. The number of ether oxygens (including phenoxy) is 1. The van der Waals surface area contributed by atoms with Crippen LogP contribution in [-0.4, -0.2) is 36.5 Å². The second-order valence-electron chi connectivity index (χ2n) is 2.93. The number of carboxylic acid groups (broad SMARTS) is 1. The summed E-state index contributed by atoms with van der Waals surface area (Å²) in [6.07, 6.45) is -18.7. The van der Waals surface area contributed by atoms with E-state index in [0.29, 0.717) is 0 Å². The Hall–Kier alpha value is -1.31. The fraction of sp³-hybridized carbons (Fsp3) is 0.833. The van der Waals surface area contributed by atoms with Gasteiger partial charge in [0.25, 0.3) is 6.36 Å². The van der Waals surface area contributed by atoms with E-state index < -0.39 is 36.5 Å². The van der Waals surface area contributed by atoms with Crippen LogP contribution in [0.3, 0.4) is 0 Å². The predicted molar refractivity (Wildman–Crippen MR) is 37.9 cm³/mol. The molecule has 0 rings (SSSR count). The summed E-state index contributed by atoms with van der Waals surface area (Å²) in [5.74, 6) is -16.5. The number of carboxylic acids is 1. The van der Waals surface area contributed by atoms with Gasteiger partial charge in [0.1, 0.15) is 5.97 Å². The zero-order valence-corrected chi connectivity index (χ0v) is 9.08. The van der Waals surface area contributed by atoms with Crippen molar-refractivity contribution < 1.29 is 58.5 Å². The van der Waals surface area contributed by atoms with E-state index in [1.807, 2.05) is 4.74 Å². The third-order valence-electron chi connectivity index (χ3n) is 1.53. The Kier molecular flexibility index (Phi) is 5.87. The quantitative estimate of drug-likeness (QED) is 0.781. The van der Waals surface area contributed by atoms with Gasteiger partial charge in [-0.2, -0.15) is 39.5 Å². The lowest BCUT2D eigenvalue weighted by Crippen LogP contribution is -2.58. The Morgan fingerprint density at radius 1 is 0.950 bits per heavy atom. The molecule has 0 radical (unpaired) electrons. The number of carbonyl (C=O) groups is 1. The molecule has 0 heterocycles. The van der Waals surface area contributed by atoms with Crippen LogP contribution < -0.4 is 11.3 Å². The number of aliphatic carboxylic acids is 1. The molecule has 4 nitrogen and oxygen atoms in total. The van der Waals surface area contributed by atoms with E-state index in [2.05, 4.69) is 0 Å². The van der Waals surface area contributed by atoms with Crippen LogP contribution in [0.1, 0.15) is 0 Å². The summed E-state index contributed by atoms with van der Waals surface area (Å²) in [5, 5.41) is 9.56. The van der Waals surface area contributed by atoms with Crippen molar-refractivity contribution in [3.63, 3.8) is 0 Å². The van der Waals surface area contributed by atoms with Gasteiger partial charge >= 0.3 is 24.1 Å². The van der Waals surface area contributed by atoms with Gasteiger partial charge in [0.15, 0.2) is 0 Å². The maximum absolute atomic E-state index is 12.3. The molecule has 0 spiro atoms. The fourth-order valence-electron chi connectivity index (χ4n) is 0.536. The summed E-state index contributed by atoms with van der Waals surface area (Å²) < 4.78 is 122. The summed E-state index contributed by atoms with van der Waals surface area (Å²) in [5.41, 5.74) is 0. The van der Waals surface area contributed by atoms with Gasteiger partial charge < -0.3 is 16.1 Å². The van der Waals surface area contributed by atoms with Gasteiger partial charge in [0.2, 0.25) is 0 Å². The van der Waals surface area contributed by atoms with Gasteiger partial charge in [0, 0.05) is 0 Å². The largest absolute Gasteiger partial charge is 0.544 e. The van der Waals surface area contributed by atoms with Crippen LogP contribution in [0.4, 0.5) is 43.9 Å². The molecule has 0 fully saturated rings. The molecule has 1 atom stereocenters. The minimum absolute atomic E-state index is 0. The molecular formula is C6H5F10NO3. The molecule has 0 aliphatic carbocycles. The average molecular weight is 329 g/mol. The molecule has 0 aromatic carbocycles. The van der Waals surface area contributed by atoms with Crippen molar-refractivity contribution in [1.82, 2.24) is 6.15 Å². The number of carbonyl (C=O) groups excluding carboxylic acids is 1. The summed E-state index contributed by atoms with van der Waals surface area (Å²) in [7, 11) is 0. The van der Waals surface area contributed by atoms with Crippen LogP contribution >= 0.6 is 0 Å². The van der Waals surface area contributed by atoms with Crippen molar-refractivity contribution in [3.05, 3.63) is 0 Å². The van der Waals surface area contributed by atoms with E-state index in [-0.39, 0.29) is 6.15 Å². The topological polar surface area (TPSA) is 85.9 Å². The van der Waals surface area contributed by atoms with E-state index in [0.717, 1.165) is 0 Å². The highest BCUT2D eigenvalue weighted by molar-refractivity contribution is 5.73. The molecule has 0 bridgehead atoms. The smallest absolute Gasteiger partial charge is 0.462 e. The molecule has 0 saturated carbocycles. The number of halogens is 10. The highest BCUT2D eigenvalue weighted by atomic mass is 19.4. The number of rotatable bonds is 5. The van der Waals surface area contributed by atoms with Crippen LogP contribution in [-0.2, 0) is 9.53 Å². The predicted octanol–water partition coefficient (Wildman–Crippen LogP) is 1.85. The van der Waals surface area contributed by atoms with Gasteiger partial charge in [-0.1, -0.05) is 0 Å². The SMILES string of the molecule is O=C([O-])C(F)(F)C(F)OC(F)(F)C(F)(F)C(F)(F)F.[NH4+]. The second-order valence-corrected chi connectivity index (χ2v) is 2.93. The van der Waals surface area contributed by atoms with Crippen molar-refractivity contribution in [1.29, 1.82) is 0 Å². The Bertz CT molecular complexity index is 353. The van der Waals surface area contributed by atoms with Crippen molar-refractivity contribution in [2.45, 2.75) is 30.5 Å². The van der Waals surface area contributed by atoms with Gasteiger partial charge in [-0.05, 0) is 0 Å². The lowest BCUT2D eigenvalue weighted by molar-refractivity contribution is -0.451. The molecule has 20 heavy (non-hydrogen) atoms. The summed E-state index contributed by atoms with van der Waals surface area (Å²) >= 11 is 0. The molecule has 1 unspecified atom stereocenters. The van der Waals surface area contributed by atoms with E-state index in [1.165, 1.54) is 0 Å². The summed E-state index contributed by atoms with van der Waals surface area (Å²) in [6, 6.07) is 0. The van der Waals surface area contributed by atoms with Crippen molar-refractivity contribution >= 4 is 5.97 Å². The summed E-state index contributed by atoms with van der Waals surface area (Å²) in [6.45, 7) is 0. The van der Waals surface area contributed by atoms with Gasteiger partial charge in [-0.15, -0.1) is 0 Å². The highest BCUT2D eigenvalue weighted by Gasteiger charge is 2.76. The number of alkyl halides is 10. The molecule has 4 N–H and O–H groups in total. The van der Waals surface area contributed by atoms with E-state index in [4.69, 9.17) is 0 Å². The van der Waals surface area contributed by atoms with Crippen molar-refractivity contribution in [2.75, 3.05) is 0 Å². The first-order valence-electron chi connectivity index (χ1n) is 3.81. The van der Waals surface area contributed by atoms with Crippen LogP contribution in [0, 0.1) is 0 Å². The van der Waals surface area contributed by atoms with E-state index in [1.54, 1.807) is 0 Å². The Morgan fingerprint density at radius 3 is 1.55 bits per heavy atom. The maximum Gasteiger partial charge on any atom is 0.462 e. The lowest BCUT2D eigenvalue weighted by Gasteiger charge is -2.30. The first kappa shape index (κ1) is 21.0.